The summed E-state index contributed by atoms with van der Waals surface area (Å²) < 4.78 is 0. The molecule has 0 aliphatic heterocycles. The summed E-state index contributed by atoms with van der Waals surface area (Å²) in [5.74, 6) is 0. The molecular weight excluding hydrogens is 140 g/mol. The van der Waals surface area contributed by atoms with Gasteiger partial charge in [0.2, 0.25) is 0 Å². The Kier molecular flexibility index (Phi) is 1.52. The molecule has 2 aliphatic rings. The zero-order valence-electron chi connectivity index (χ0n) is 6.84. The molecule has 0 spiro atoms. The van der Waals surface area contributed by atoms with Gasteiger partial charge in [-0.2, -0.15) is 0 Å². The van der Waals surface area contributed by atoms with E-state index in [1.54, 1.807) is 0 Å². The summed E-state index contributed by atoms with van der Waals surface area (Å²) in [6, 6.07) is 0. The molecule has 0 atom stereocenters. The molecule has 0 bridgehead atoms. The topological polar surface area (TPSA) is 40.5 Å². The van der Waals surface area contributed by atoms with Crippen molar-refractivity contribution in [2.24, 2.45) is 0 Å². The van der Waals surface area contributed by atoms with E-state index >= 15 is 0 Å². The van der Waals surface area contributed by atoms with Gasteiger partial charge in [0.25, 0.3) is 0 Å². The van der Waals surface area contributed by atoms with Crippen LogP contribution >= 0.6 is 0 Å². The van der Waals surface area contributed by atoms with E-state index < -0.39 is 0 Å². The van der Waals surface area contributed by atoms with Crippen molar-refractivity contribution in [1.29, 1.82) is 0 Å². The van der Waals surface area contributed by atoms with Crippen LogP contribution in [-0.2, 0) is 0 Å². The average molecular weight is 156 g/mol. The second-order valence-electron chi connectivity index (χ2n) is 4.30. The zero-order chi connectivity index (χ0) is 7.95. The lowest BCUT2D eigenvalue weighted by Crippen LogP contribution is -2.10. The molecule has 64 valence electrons. The van der Waals surface area contributed by atoms with E-state index in [1.165, 1.54) is 0 Å². The van der Waals surface area contributed by atoms with Crippen molar-refractivity contribution in [3.8, 4) is 0 Å². The Balaban J connectivity index is 1.60. The molecule has 0 aromatic rings. The number of hydrogen-bond acceptors (Lipinski definition) is 2. The van der Waals surface area contributed by atoms with Gasteiger partial charge >= 0.3 is 0 Å². The normalized spacial score (nSPS) is 30.0. The summed E-state index contributed by atoms with van der Waals surface area (Å²) in [5.41, 5.74) is -0.628. The van der Waals surface area contributed by atoms with Gasteiger partial charge in [0.05, 0.1) is 11.2 Å². The van der Waals surface area contributed by atoms with Gasteiger partial charge in [-0.25, -0.2) is 0 Å². The van der Waals surface area contributed by atoms with Crippen LogP contribution in [-0.4, -0.2) is 21.4 Å². The van der Waals surface area contributed by atoms with Gasteiger partial charge in [-0.05, 0) is 44.9 Å². The first-order valence-electron chi connectivity index (χ1n) is 4.57. The Morgan fingerprint density at radius 1 is 0.818 bits per heavy atom. The summed E-state index contributed by atoms with van der Waals surface area (Å²) >= 11 is 0. The molecule has 2 nitrogen and oxygen atoms in total. The molecular formula is C9H16O2. The van der Waals surface area contributed by atoms with Gasteiger partial charge in [0, 0.05) is 0 Å². The molecule has 0 aromatic carbocycles. The molecule has 0 aromatic heterocycles. The molecule has 2 aliphatic carbocycles. The van der Waals surface area contributed by atoms with E-state index in [-0.39, 0.29) is 11.2 Å². The summed E-state index contributed by atoms with van der Waals surface area (Å²) in [7, 11) is 0. The first kappa shape index (κ1) is 7.56. The van der Waals surface area contributed by atoms with Crippen molar-refractivity contribution in [2.75, 3.05) is 0 Å². The van der Waals surface area contributed by atoms with Crippen molar-refractivity contribution in [3.63, 3.8) is 0 Å². The second kappa shape index (κ2) is 2.20. The van der Waals surface area contributed by atoms with Gasteiger partial charge in [0.15, 0.2) is 0 Å². The van der Waals surface area contributed by atoms with Gasteiger partial charge in [-0.1, -0.05) is 0 Å². The maximum absolute atomic E-state index is 9.46. The predicted molar refractivity (Wildman–Crippen MR) is 42.2 cm³/mol. The van der Waals surface area contributed by atoms with E-state index in [1.807, 2.05) is 0 Å². The second-order valence-corrected chi connectivity index (χ2v) is 4.30. The molecule has 2 rings (SSSR count). The van der Waals surface area contributed by atoms with Crippen LogP contribution in [0.5, 0.6) is 0 Å². The molecule has 0 unspecified atom stereocenters. The maximum Gasteiger partial charge on any atom is 0.0650 e. The highest BCUT2D eigenvalue weighted by Gasteiger charge is 2.43. The lowest BCUT2D eigenvalue weighted by Gasteiger charge is -2.09. The van der Waals surface area contributed by atoms with Crippen molar-refractivity contribution < 1.29 is 10.2 Å². The minimum Gasteiger partial charge on any atom is -0.390 e. The van der Waals surface area contributed by atoms with Crippen molar-refractivity contribution in [3.05, 3.63) is 0 Å². The number of rotatable bonds is 4. The molecule has 0 radical (unpaired) electrons. The SMILES string of the molecule is OC1(CCCC2(O)CC2)CC1. The lowest BCUT2D eigenvalue weighted by atomic mass is 10.1. The fraction of sp³-hybridized carbons (Fsp3) is 1.00. The molecule has 11 heavy (non-hydrogen) atoms. The van der Waals surface area contributed by atoms with Crippen LogP contribution in [0.1, 0.15) is 44.9 Å². The summed E-state index contributed by atoms with van der Waals surface area (Å²) in [5, 5.41) is 18.9. The third kappa shape index (κ3) is 1.94. The summed E-state index contributed by atoms with van der Waals surface area (Å²) in [6.45, 7) is 0. The third-order valence-corrected chi connectivity index (χ3v) is 2.94. The minimum absolute atomic E-state index is 0.314. The Morgan fingerprint density at radius 2 is 1.18 bits per heavy atom. The standard InChI is InChI=1S/C9H16O2/c10-8(4-5-8)2-1-3-9(11)6-7-9/h10-11H,1-7H2. The van der Waals surface area contributed by atoms with E-state index in [4.69, 9.17) is 0 Å². The van der Waals surface area contributed by atoms with Crippen LogP contribution in [0.15, 0.2) is 0 Å². The van der Waals surface area contributed by atoms with Crippen LogP contribution in [0.4, 0.5) is 0 Å². The minimum atomic E-state index is -0.314. The molecule has 2 saturated carbocycles. The monoisotopic (exact) mass is 156 g/mol. The van der Waals surface area contributed by atoms with E-state index in [9.17, 15) is 10.2 Å². The van der Waals surface area contributed by atoms with Crippen LogP contribution in [0.3, 0.4) is 0 Å². The molecule has 0 amide bonds. The fourth-order valence-electron chi connectivity index (χ4n) is 1.54. The first-order valence-corrected chi connectivity index (χ1v) is 4.57. The van der Waals surface area contributed by atoms with E-state index in [2.05, 4.69) is 0 Å². The molecule has 0 heterocycles. The smallest absolute Gasteiger partial charge is 0.0650 e. The van der Waals surface area contributed by atoms with Gasteiger partial charge in [-0.15, -0.1) is 0 Å². The molecule has 2 N–H and O–H groups in total. The fourth-order valence-corrected chi connectivity index (χ4v) is 1.54. The quantitative estimate of drug-likeness (QED) is 0.642. The highest BCUT2D eigenvalue weighted by Crippen LogP contribution is 2.44. The van der Waals surface area contributed by atoms with Crippen LogP contribution < -0.4 is 0 Å². The Morgan fingerprint density at radius 3 is 1.45 bits per heavy atom. The van der Waals surface area contributed by atoms with Gasteiger partial charge in [-0.3, -0.25) is 0 Å². The molecule has 2 fully saturated rings. The Hall–Kier alpha value is -0.0800. The van der Waals surface area contributed by atoms with Crippen LogP contribution in [0.2, 0.25) is 0 Å². The Bertz CT molecular complexity index is 139. The van der Waals surface area contributed by atoms with E-state index in [0.29, 0.717) is 0 Å². The maximum atomic E-state index is 9.46. The number of hydrogen-bond donors (Lipinski definition) is 2. The molecule has 2 heteroatoms. The lowest BCUT2D eigenvalue weighted by molar-refractivity contribution is 0.108. The predicted octanol–water partition coefficient (Wildman–Crippen LogP) is 1.21. The summed E-state index contributed by atoms with van der Waals surface area (Å²) in [6.07, 6.45) is 6.70. The van der Waals surface area contributed by atoms with Crippen molar-refractivity contribution >= 4 is 0 Å². The zero-order valence-corrected chi connectivity index (χ0v) is 6.84. The molecule has 0 saturated heterocycles. The highest BCUT2D eigenvalue weighted by atomic mass is 16.3. The summed E-state index contributed by atoms with van der Waals surface area (Å²) in [4.78, 5) is 0. The van der Waals surface area contributed by atoms with Crippen LogP contribution in [0, 0.1) is 0 Å². The van der Waals surface area contributed by atoms with E-state index in [0.717, 1.165) is 44.9 Å². The Labute approximate surface area is 67.2 Å². The average Bonchev–Trinajstić information content (AvgIpc) is 2.78. The van der Waals surface area contributed by atoms with Crippen LogP contribution in [0.25, 0.3) is 0 Å². The first-order chi connectivity index (χ1) is 5.12. The third-order valence-electron chi connectivity index (χ3n) is 2.94. The number of aliphatic hydroxyl groups is 2. The van der Waals surface area contributed by atoms with Gasteiger partial charge in [0.1, 0.15) is 0 Å². The largest absolute Gasteiger partial charge is 0.390 e. The highest BCUT2D eigenvalue weighted by molar-refractivity contribution is 4.96. The van der Waals surface area contributed by atoms with Gasteiger partial charge < -0.3 is 10.2 Å². The van der Waals surface area contributed by atoms with Crippen molar-refractivity contribution in [1.82, 2.24) is 0 Å². The van der Waals surface area contributed by atoms with Crippen molar-refractivity contribution in [2.45, 2.75) is 56.1 Å².